The number of amides is 2. The zero-order valence-electron chi connectivity index (χ0n) is 17.3. The third kappa shape index (κ3) is 3.41. The Labute approximate surface area is 178 Å². The molecule has 2 amide bonds. The van der Waals surface area contributed by atoms with E-state index < -0.39 is 17.1 Å². The van der Waals surface area contributed by atoms with Gasteiger partial charge >= 0.3 is 0 Å². The van der Waals surface area contributed by atoms with Crippen molar-refractivity contribution in [1.82, 2.24) is 0 Å². The fourth-order valence-electron chi connectivity index (χ4n) is 4.06. The van der Waals surface area contributed by atoms with E-state index in [1.165, 1.54) is 28.0 Å². The van der Waals surface area contributed by atoms with Crippen LogP contribution in [0.3, 0.4) is 0 Å². The third-order valence-corrected chi connectivity index (χ3v) is 5.76. The molecule has 160 valence electrons. The first-order chi connectivity index (χ1) is 14.7. The van der Waals surface area contributed by atoms with E-state index in [4.69, 9.17) is 4.74 Å². The molecule has 2 aliphatic heterocycles. The molecule has 0 fully saturated rings. The number of non-ortho nitro benzene ring substituents is 1. The molecule has 31 heavy (non-hydrogen) atoms. The maximum atomic E-state index is 13.3. The van der Waals surface area contributed by atoms with E-state index in [-0.39, 0.29) is 29.7 Å². The number of fused-ring (bicyclic) bond motifs is 2. The van der Waals surface area contributed by atoms with Crippen molar-refractivity contribution in [2.45, 2.75) is 38.8 Å². The lowest BCUT2D eigenvalue weighted by molar-refractivity contribution is -0.384. The number of carbonyl (C=O) groups excluding carboxylic acids is 3. The second kappa shape index (κ2) is 7.50. The summed E-state index contributed by atoms with van der Waals surface area (Å²) in [5.41, 5.74) is 1.94. The number of ether oxygens (including phenoxy) is 1. The Balaban J connectivity index is 1.67. The molecular weight excluding hydrogens is 402 g/mol. The molecule has 2 aromatic carbocycles. The highest BCUT2D eigenvalue weighted by Gasteiger charge is 2.34. The third-order valence-electron chi connectivity index (χ3n) is 5.76. The average Bonchev–Trinajstić information content (AvgIpc) is 2.76. The SMILES string of the molecule is CC1Oc2ccc(C(=O)C(C)N3C(=O)CCc4cc([N+](=O)[O-])ccc43)cc2N(C)C1=O. The monoisotopic (exact) mass is 423 g/mol. The summed E-state index contributed by atoms with van der Waals surface area (Å²) in [5, 5.41) is 11.1. The van der Waals surface area contributed by atoms with Crippen LogP contribution in [-0.4, -0.2) is 41.7 Å². The Morgan fingerprint density at radius 2 is 1.90 bits per heavy atom. The van der Waals surface area contributed by atoms with E-state index in [2.05, 4.69) is 0 Å². The van der Waals surface area contributed by atoms with Gasteiger partial charge in [-0.05, 0) is 50.1 Å². The van der Waals surface area contributed by atoms with E-state index in [1.807, 2.05) is 0 Å². The number of anilines is 2. The number of hydrogen-bond donors (Lipinski definition) is 0. The summed E-state index contributed by atoms with van der Waals surface area (Å²) in [4.78, 5) is 51.6. The number of aryl methyl sites for hydroxylation is 1. The molecule has 0 saturated carbocycles. The molecule has 9 heteroatoms. The first-order valence-electron chi connectivity index (χ1n) is 9.91. The molecule has 2 heterocycles. The van der Waals surface area contributed by atoms with Gasteiger partial charge in [0.2, 0.25) is 5.91 Å². The van der Waals surface area contributed by atoms with E-state index in [1.54, 1.807) is 39.1 Å². The number of hydrogen-bond acceptors (Lipinski definition) is 6. The summed E-state index contributed by atoms with van der Waals surface area (Å²) in [7, 11) is 1.62. The summed E-state index contributed by atoms with van der Waals surface area (Å²) in [6.45, 7) is 3.29. The highest BCUT2D eigenvalue weighted by Crippen LogP contribution is 2.36. The lowest BCUT2D eigenvalue weighted by Gasteiger charge is -2.34. The number of carbonyl (C=O) groups is 3. The topological polar surface area (TPSA) is 110 Å². The standard InChI is InChI=1S/C22H21N3O6/c1-12(24-17-7-6-16(25(29)30)10-14(17)5-9-20(24)26)21(27)15-4-8-19-18(11-15)23(3)22(28)13(2)31-19/h4,6-8,10-13H,5,9H2,1-3H3. The number of ketones is 1. The van der Waals surface area contributed by atoms with Crippen LogP contribution in [0.15, 0.2) is 36.4 Å². The first-order valence-corrected chi connectivity index (χ1v) is 9.91. The van der Waals surface area contributed by atoms with Crippen LogP contribution in [0.4, 0.5) is 17.1 Å². The zero-order chi connectivity index (χ0) is 22.4. The Morgan fingerprint density at radius 1 is 1.16 bits per heavy atom. The van der Waals surface area contributed by atoms with E-state index >= 15 is 0 Å². The summed E-state index contributed by atoms with van der Waals surface area (Å²) < 4.78 is 5.60. The van der Waals surface area contributed by atoms with Gasteiger partial charge in [-0.25, -0.2) is 0 Å². The van der Waals surface area contributed by atoms with Crippen LogP contribution in [0.25, 0.3) is 0 Å². The van der Waals surface area contributed by atoms with Crippen LogP contribution < -0.4 is 14.5 Å². The molecule has 0 aliphatic carbocycles. The normalized spacial score (nSPS) is 18.7. The van der Waals surface area contributed by atoms with Crippen LogP contribution in [0, 0.1) is 10.1 Å². The van der Waals surface area contributed by atoms with Crippen molar-refractivity contribution < 1.29 is 24.0 Å². The van der Waals surface area contributed by atoms with Crippen molar-refractivity contribution in [2.75, 3.05) is 16.8 Å². The molecule has 0 saturated heterocycles. The molecule has 4 rings (SSSR count). The summed E-state index contributed by atoms with van der Waals surface area (Å²) >= 11 is 0. The van der Waals surface area contributed by atoms with Crippen molar-refractivity contribution in [3.05, 3.63) is 57.6 Å². The zero-order valence-corrected chi connectivity index (χ0v) is 17.3. The Kier molecular flexibility index (Phi) is 4.96. The molecule has 2 unspecified atom stereocenters. The van der Waals surface area contributed by atoms with Crippen molar-refractivity contribution in [1.29, 1.82) is 0 Å². The molecule has 2 aromatic rings. The van der Waals surface area contributed by atoms with Gasteiger partial charge in [-0.3, -0.25) is 24.5 Å². The van der Waals surface area contributed by atoms with Gasteiger partial charge in [0.1, 0.15) is 5.75 Å². The van der Waals surface area contributed by atoms with E-state index in [0.717, 1.165) is 0 Å². The largest absolute Gasteiger partial charge is 0.479 e. The number of rotatable bonds is 4. The van der Waals surface area contributed by atoms with Gasteiger partial charge < -0.3 is 14.5 Å². The Bertz CT molecular complexity index is 1130. The molecule has 0 bridgehead atoms. The number of Topliss-reactive ketones (excluding diaryl/α,β-unsaturated/α-hetero) is 1. The van der Waals surface area contributed by atoms with Gasteiger partial charge in [0.15, 0.2) is 11.9 Å². The summed E-state index contributed by atoms with van der Waals surface area (Å²) in [5.74, 6) is -0.233. The van der Waals surface area contributed by atoms with Crippen LogP contribution in [0.5, 0.6) is 5.75 Å². The molecule has 0 N–H and O–H groups in total. The fourth-order valence-corrected chi connectivity index (χ4v) is 4.06. The average molecular weight is 423 g/mol. The van der Waals surface area contributed by atoms with E-state index in [0.29, 0.717) is 34.7 Å². The lowest BCUT2D eigenvalue weighted by atomic mass is 9.96. The van der Waals surface area contributed by atoms with Crippen LogP contribution in [-0.2, 0) is 16.0 Å². The van der Waals surface area contributed by atoms with Gasteiger partial charge in [-0.2, -0.15) is 0 Å². The van der Waals surface area contributed by atoms with Gasteiger partial charge in [0.25, 0.3) is 11.6 Å². The van der Waals surface area contributed by atoms with Gasteiger partial charge in [-0.15, -0.1) is 0 Å². The van der Waals surface area contributed by atoms with Crippen molar-refractivity contribution in [2.24, 2.45) is 0 Å². The minimum atomic E-state index is -0.824. The molecular formula is C22H21N3O6. The minimum absolute atomic E-state index is 0.0522. The predicted octanol–water partition coefficient (Wildman–Crippen LogP) is 2.89. The van der Waals surface area contributed by atoms with Crippen molar-refractivity contribution in [3.8, 4) is 5.75 Å². The quantitative estimate of drug-likeness (QED) is 0.425. The van der Waals surface area contributed by atoms with Gasteiger partial charge in [0, 0.05) is 36.9 Å². The lowest BCUT2D eigenvalue weighted by Crippen LogP contribution is -2.46. The fraction of sp³-hybridized carbons (Fsp3) is 0.318. The minimum Gasteiger partial charge on any atom is -0.479 e. The van der Waals surface area contributed by atoms with E-state index in [9.17, 15) is 24.5 Å². The number of nitrogens with zero attached hydrogens (tertiary/aromatic N) is 3. The second-order valence-electron chi connectivity index (χ2n) is 7.71. The predicted molar refractivity (Wildman–Crippen MR) is 113 cm³/mol. The molecule has 2 atom stereocenters. The summed E-state index contributed by atoms with van der Waals surface area (Å²) in [6, 6.07) is 8.31. The van der Waals surface area contributed by atoms with Crippen molar-refractivity contribution >= 4 is 34.7 Å². The van der Waals surface area contributed by atoms with Crippen LogP contribution >= 0.6 is 0 Å². The second-order valence-corrected chi connectivity index (χ2v) is 7.71. The number of benzene rings is 2. The molecule has 0 radical (unpaired) electrons. The van der Waals surface area contributed by atoms with Crippen molar-refractivity contribution in [3.63, 3.8) is 0 Å². The number of nitro benzene ring substituents is 1. The van der Waals surface area contributed by atoms with Crippen LogP contribution in [0.1, 0.15) is 36.2 Å². The number of likely N-dealkylation sites (N-methyl/N-ethyl adjacent to an activating group) is 1. The maximum absolute atomic E-state index is 13.3. The Hall–Kier alpha value is -3.75. The Morgan fingerprint density at radius 3 is 2.61 bits per heavy atom. The molecule has 9 nitrogen and oxygen atoms in total. The smallest absolute Gasteiger partial charge is 0.269 e. The maximum Gasteiger partial charge on any atom is 0.269 e. The molecule has 0 aromatic heterocycles. The highest BCUT2D eigenvalue weighted by molar-refractivity contribution is 6.10. The van der Waals surface area contributed by atoms with Gasteiger partial charge in [0.05, 0.1) is 16.7 Å². The molecule has 2 aliphatic rings. The van der Waals surface area contributed by atoms with Gasteiger partial charge in [-0.1, -0.05) is 0 Å². The summed E-state index contributed by atoms with van der Waals surface area (Å²) in [6.07, 6.45) is -0.0579. The first kappa shape index (κ1) is 20.5. The number of nitro groups is 1. The van der Waals surface area contributed by atoms with Crippen LogP contribution in [0.2, 0.25) is 0 Å². The molecule has 0 spiro atoms. The highest BCUT2D eigenvalue weighted by atomic mass is 16.6.